The molecule has 1 aromatic carbocycles. The van der Waals surface area contributed by atoms with E-state index in [-0.39, 0.29) is 24.8 Å². The molecule has 1 saturated heterocycles. The summed E-state index contributed by atoms with van der Waals surface area (Å²) in [5.41, 5.74) is 0. The number of nitrogens with zero attached hydrogens (tertiary/aromatic N) is 1. The van der Waals surface area contributed by atoms with E-state index >= 15 is 0 Å². The third kappa shape index (κ3) is 3.46. The molecule has 5 nitrogen and oxygen atoms in total. The van der Waals surface area contributed by atoms with Gasteiger partial charge in [-0.2, -0.15) is 0 Å². The minimum Gasteiger partial charge on any atom is -0.481 e. The van der Waals surface area contributed by atoms with Crippen LogP contribution >= 0.6 is 0 Å². The van der Waals surface area contributed by atoms with Crippen LogP contribution in [-0.2, 0) is 9.59 Å². The van der Waals surface area contributed by atoms with Crippen molar-refractivity contribution in [3.05, 3.63) is 30.1 Å². The molecule has 0 radical (unpaired) electrons. The molecule has 1 aliphatic heterocycles. The van der Waals surface area contributed by atoms with Gasteiger partial charge in [-0.3, -0.25) is 9.59 Å². The van der Waals surface area contributed by atoms with Gasteiger partial charge in [0.05, 0.1) is 5.92 Å². The second kappa shape index (κ2) is 6.36. The predicted octanol–water partition coefficient (Wildman–Crippen LogP) is 1.53. The molecular weight excluding hydrogens is 265 g/mol. The number of para-hydroxylation sites is 1. The average molecular weight is 281 g/mol. The van der Waals surface area contributed by atoms with E-state index in [1.807, 2.05) is 0 Å². The molecule has 1 amide bonds. The van der Waals surface area contributed by atoms with Crippen molar-refractivity contribution >= 4 is 11.9 Å². The van der Waals surface area contributed by atoms with Crippen LogP contribution in [0.1, 0.15) is 12.8 Å². The van der Waals surface area contributed by atoms with Gasteiger partial charge >= 0.3 is 5.97 Å². The molecule has 1 atom stereocenters. The Balaban J connectivity index is 1.89. The van der Waals surface area contributed by atoms with Gasteiger partial charge in [-0.25, -0.2) is 4.39 Å². The van der Waals surface area contributed by atoms with Gasteiger partial charge in [-0.1, -0.05) is 12.1 Å². The molecule has 108 valence electrons. The summed E-state index contributed by atoms with van der Waals surface area (Å²) in [7, 11) is 0. The molecule has 6 heteroatoms. The number of amides is 1. The van der Waals surface area contributed by atoms with Crippen molar-refractivity contribution in [2.45, 2.75) is 12.8 Å². The smallest absolute Gasteiger partial charge is 0.308 e. The standard InChI is InChI=1S/C14H16FNO4/c15-11-5-1-2-6-12(11)20-9-13(17)16-7-3-4-10(8-16)14(18)19/h1-2,5-6,10H,3-4,7-9H2,(H,18,19)/t10-/m0/s1. The number of benzene rings is 1. The molecule has 0 aliphatic carbocycles. The molecule has 20 heavy (non-hydrogen) atoms. The first-order valence-corrected chi connectivity index (χ1v) is 6.46. The summed E-state index contributed by atoms with van der Waals surface area (Å²) < 4.78 is 18.5. The van der Waals surface area contributed by atoms with E-state index < -0.39 is 17.7 Å². The SMILES string of the molecule is O=C(O)[C@H]1CCCN(C(=O)COc2ccccc2F)C1. The number of carboxylic acid groups (broad SMARTS) is 1. The number of piperidine rings is 1. The van der Waals surface area contributed by atoms with Crippen LogP contribution in [0.15, 0.2) is 24.3 Å². The summed E-state index contributed by atoms with van der Waals surface area (Å²) in [6.45, 7) is 0.422. The molecule has 1 fully saturated rings. The molecule has 2 rings (SSSR count). The number of ether oxygens (including phenoxy) is 1. The van der Waals surface area contributed by atoms with E-state index in [9.17, 15) is 14.0 Å². The molecule has 0 spiro atoms. The Morgan fingerprint density at radius 2 is 2.15 bits per heavy atom. The van der Waals surface area contributed by atoms with Crippen molar-refractivity contribution in [2.75, 3.05) is 19.7 Å². The van der Waals surface area contributed by atoms with Gasteiger partial charge in [-0.15, -0.1) is 0 Å². The van der Waals surface area contributed by atoms with E-state index in [0.717, 1.165) is 0 Å². The third-order valence-corrected chi connectivity index (χ3v) is 3.31. The Hall–Kier alpha value is -2.11. The fourth-order valence-corrected chi connectivity index (χ4v) is 2.20. The van der Waals surface area contributed by atoms with E-state index in [1.54, 1.807) is 6.07 Å². The Kier molecular flexibility index (Phi) is 4.55. The largest absolute Gasteiger partial charge is 0.481 e. The van der Waals surface area contributed by atoms with Crippen molar-refractivity contribution in [1.29, 1.82) is 0 Å². The number of halogens is 1. The molecular formula is C14H16FNO4. The number of hydrogen-bond donors (Lipinski definition) is 1. The van der Waals surface area contributed by atoms with Crippen LogP contribution in [0.4, 0.5) is 4.39 Å². The maximum Gasteiger partial charge on any atom is 0.308 e. The fraction of sp³-hybridized carbons (Fsp3) is 0.429. The lowest BCUT2D eigenvalue weighted by atomic mass is 9.98. The Labute approximate surface area is 116 Å². The molecule has 1 aromatic rings. The molecule has 0 bridgehead atoms. The third-order valence-electron chi connectivity index (χ3n) is 3.31. The number of carboxylic acids is 1. The van der Waals surface area contributed by atoms with Crippen LogP contribution in [0.3, 0.4) is 0 Å². The minimum atomic E-state index is -0.891. The molecule has 1 heterocycles. The molecule has 0 aromatic heterocycles. The number of aliphatic carboxylic acids is 1. The van der Waals surface area contributed by atoms with Crippen molar-refractivity contribution in [2.24, 2.45) is 5.92 Å². The van der Waals surface area contributed by atoms with Crippen LogP contribution in [0.25, 0.3) is 0 Å². The van der Waals surface area contributed by atoms with Gasteiger partial charge in [0.25, 0.3) is 5.91 Å². The summed E-state index contributed by atoms with van der Waals surface area (Å²) >= 11 is 0. The highest BCUT2D eigenvalue weighted by Gasteiger charge is 2.28. The molecule has 0 saturated carbocycles. The van der Waals surface area contributed by atoms with E-state index in [2.05, 4.69) is 0 Å². The fourth-order valence-electron chi connectivity index (χ4n) is 2.20. The predicted molar refractivity (Wildman–Crippen MR) is 68.8 cm³/mol. The van der Waals surface area contributed by atoms with Gasteiger partial charge in [0.15, 0.2) is 18.2 Å². The lowest BCUT2D eigenvalue weighted by Gasteiger charge is -2.30. The first kappa shape index (κ1) is 14.3. The molecule has 1 N–H and O–H groups in total. The van der Waals surface area contributed by atoms with Crippen molar-refractivity contribution in [1.82, 2.24) is 4.90 Å². The number of carbonyl (C=O) groups is 2. The van der Waals surface area contributed by atoms with E-state index in [4.69, 9.17) is 9.84 Å². The van der Waals surface area contributed by atoms with Gasteiger partial charge in [-0.05, 0) is 25.0 Å². The van der Waals surface area contributed by atoms with Crippen LogP contribution in [0, 0.1) is 11.7 Å². The van der Waals surface area contributed by atoms with Crippen molar-refractivity contribution in [3.63, 3.8) is 0 Å². The minimum absolute atomic E-state index is 0.0210. The zero-order chi connectivity index (χ0) is 14.5. The van der Waals surface area contributed by atoms with Gasteiger partial charge in [0.1, 0.15) is 0 Å². The maximum absolute atomic E-state index is 13.3. The zero-order valence-electron chi connectivity index (χ0n) is 10.9. The first-order valence-electron chi connectivity index (χ1n) is 6.46. The van der Waals surface area contributed by atoms with Crippen LogP contribution in [0.2, 0.25) is 0 Å². The topological polar surface area (TPSA) is 66.8 Å². The monoisotopic (exact) mass is 281 g/mol. The van der Waals surface area contributed by atoms with Crippen LogP contribution in [-0.4, -0.2) is 41.6 Å². The second-order valence-electron chi connectivity index (χ2n) is 4.74. The number of carbonyl (C=O) groups excluding carboxylic acids is 1. The quantitative estimate of drug-likeness (QED) is 0.908. The first-order chi connectivity index (χ1) is 9.58. The summed E-state index contributed by atoms with van der Waals surface area (Å²) in [6, 6.07) is 5.84. The number of hydrogen-bond acceptors (Lipinski definition) is 3. The normalized spacial score (nSPS) is 18.6. The van der Waals surface area contributed by atoms with Crippen molar-refractivity contribution in [3.8, 4) is 5.75 Å². The highest BCUT2D eigenvalue weighted by molar-refractivity contribution is 5.79. The van der Waals surface area contributed by atoms with Gasteiger partial charge in [0.2, 0.25) is 0 Å². The van der Waals surface area contributed by atoms with Crippen LogP contribution < -0.4 is 4.74 Å². The Bertz CT molecular complexity index is 506. The lowest BCUT2D eigenvalue weighted by Crippen LogP contribution is -2.44. The highest BCUT2D eigenvalue weighted by atomic mass is 19.1. The summed E-state index contributed by atoms with van der Waals surface area (Å²) in [5, 5.41) is 8.96. The lowest BCUT2D eigenvalue weighted by molar-refractivity contribution is -0.146. The molecule has 0 unspecified atom stereocenters. The summed E-state index contributed by atoms with van der Waals surface area (Å²) in [5.74, 6) is -2.24. The van der Waals surface area contributed by atoms with Crippen molar-refractivity contribution < 1.29 is 23.8 Å². The highest BCUT2D eigenvalue weighted by Crippen LogP contribution is 2.18. The van der Waals surface area contributed by atoms with E-state index in [1.165, 1.54) is 23.1 Å². The van der Waals surface area contributed by atoms with Gasteiger partial charge < -0.3 is 14.7 Å². The Morgan fingerprint density at radius 1 is 1.40 bits per heavy atom. The molecule has 1 aliphatic rings. The second-order valence-corrected chi connectivity index (χ2v) is 4.74. The van der Waals surface area contributed by atoms with Gasteiger partial charge in [0, 0.05) is 13.1 Å². The van der Waals surface area contributed by atoms with E-state index in [0.29, 0.717) is 19.4 Å². The zero-order valence-corrected chi connectivity index (χ0v) is 10.9. The summed E-state index contributed by atoms with van der Waals surface area (Å²) in [4.78, 5) is 24.3. The summed E-state index contributed by atoms with van der Waals surface area (Å²) in [6.07, 6.45) is 1.23. The number of rotatable bonds is 4. The average Bonchev–Trinajstić information content (AvgIpc) is 2.46. The number of likely N-dealkylation sites (tertiary alicyclic amines) is 1. The van der Waals surface area contributed by atoms with Crippen LogP contribution in [0.5, 0.6) is 5.75 Å². The Morgan fingerprint density at radius 3 is 2.85 bits per heavy atom. The maximum atomic E-state index is 13.3.